The van der Waals surface area contributed by atoms with Gasteiger partial charge in [0.15, 0.2) is 5.78 Å². The van der Waals surface area contributed by atoms with Crippen molar-refractivity contribution in [1.29, 1.82) is 0 Å². The molecule has 0 aliphatic heterocycles. The van der Waals surface area contributed by atoms with Crippen molar-refractivity contribution in [2.24, 2.45) is 0 Å². The fraction of sp³-hybridized carbons (Fsp3) is 0.462. The van der Waals surface area contributed by atoms with Crippen molar-refractivity contribution in [2.45, 2.75) is 25.4 Å². The zero-order valence-corrected chi connectivity index (χ0v) is 12.9. The summed E-state index contributed by atoms with van der Waals surface area (Å²) in [5.74, 6) is -0.472. The fourth-order valence-electron chi connectivity index (χ4n) is 1.60. The molecule has 0 heterocycles. The molecule has 0 aromatic heterocycles. The summed E-state index contributed by atoms with van der Waals surface area (Å²) in [6, 6.07) is 8.45. The number of ketones is 1. The van der Waals surface area contributed by atoms with Crippen LogP contribution in [0.1, 0.15) is 31.1 Å². The fourth-order valence-corrected chi connectivity index (χ4v) is 3.62. The summed E-state index contributed by atoms with van der Waals surface area (Å²) in [5, 5.41) is 0. The predicted molar refractivity (Wildman–Crippen MR) is 75.9 cm³/mol. The largest absolute Gasteiger partial charge is 0.359 e. The van der Waals surface area contributed by atoms with E-state index in [0.717, 1.165) is 0 Å². The summed E-state index contributed by atoms with van der Waals surface area (Å²) in [5.41, 5.74) is 0.375. The Labute approximate surface area is 118 Å². The number of carbonyl (C=O) groups is 1. The van der Waals surface area contributed by atoms with E-state index < -0.39 is 18.0 Å². The topological polar surface area (TPSA) is 52.6 Å². The van der Waals surface area contributed by atoms with E-state index in [-0.39, 0.29) is 13.2 Å². The second kappa shape index (κ2) is 6.67. The molecule has 0 N–H and O–H groups in total. The normalized spacial score (nSPS) is 14.9. The van der Waals surface area contributed by atoms with Gasteiger partial charge in [-0.3, -0.25) is 9.36 Å². The van der Waals surface area contributed by atoms with Crippen molar-refractivity contribution >= 4 is 25.0 Å². The lowest BCUT2D eigenvalue weighted by atomic mass is 10.1. The van der Waals surface area contributed by atoms with Gasteiger partial charge in [-0.2, -0.15) is 0 Å². The summed E-state index contributed by atoms with van der Waals surface area (Å²) >= 11 is 6.22. The molecule has 0 radical (unpaired) electrons. The molecule has 1 rings (SSSR count). The minimum Gasteiger partial charge on any atom is -0.307 e. The molecule has 0 aliphatic rings. The lowest BCUT2D eigenvalue weighted by molar-refractivity contribution is 0.0955. The zero-order chi connectivity index (χ0) is 14.5. The average molecular weight is 305 g/mol. The molecule has 0 spiro atoms. The molecule has 0 fully saturated rings. The van der Waals surface area contributed by atoms with Crippen LogP contribution in [0, 0.1) is 0 Å². The molecule has 0 bridgehead atoms. The van der Waals surface area contributed by atoms with Gasteiger partial charge in [-0.05, 0) is 20.8 Å². The summed E-state index contributed by atoms with van der Waals surface area (Å²) in [6.07, 6.45) is 0. The van der Waals surface area contributed by atoms with Crippen molar-refractivity contribution in [3.05, 3.63) is 35.9 Å². The molecule has 0 amide bonds. The maximum Gasteiger partial charge on any atom is 0.359 e. The van der Waals surface area contributed by atoms with Gasteiger partial charge >= 0.3 is 7.60 Å². The van der Waals surface area contributed by atoms with Crippen LogP contribution in [0.2, 0.25) is 0 Å². The van der Waals surface area contributed by atoms with Crippen molar-refractivity contribution in [2.75, 3.05) is 13.2 Å². The second-order valence-corrected chi connectivity index (χ2v) is 7.41. The standard InChI is InChI=1S/C13H18ClO4P/c1-4-17-19(16,18-5-2)13(3,14)12(15)11-9-7-6-8-10-11/h6-10H,4-5H2,1-3H3. The van der Waals surface area contributed by atoms with Crippen LogP contribution in [0.4, 0.5) is 0 Å². The van der Waals surface area contributed by atoms with Gasteiger partial charge in [0.25, 0.3) is 0 Å². The summed E-state index contributed by atoms with van der Waals surface area (Å²) < 4.78 is 21.2. The maximum atomic E-state index is 12.7. The van der Waals surface area contributed by atoms with Gasteiger partial charge < -0.3 is 9.05 Å². The Balaban J connectivity index is 3.13. The summed E-state index contributed by atoms with van der Waals surface area (Å²) in [4.78, 5) is 12.4. The smallest absolute Gasteiger partial charge is 0.307 e. The third-order valence-electron chi connectivity index (χ3n) is 2.56. The van der Waals surface area contributed by atoms with Crippen LogP contribution >= 0.6 is 19.2 Å². The van der Waals surface area contributed by atoms with Crippen molar-refractivity contribution in [1.82, 2.24) is 0 Å². The highest BCUT2D eigenvalue weighted by Crippen LogP contribution is 2.63. The molecule has 4 nitrogen and oxygen atoms in total. The number of rotatable bonds is 7. The van der Waals surface area contributed by atoms with Crippen molar-refractivity contribution in [3.63, 3.8) is 0 Å². The SMILES string of the molecule is CCOP(=O)(OCC)C(C)(Cl)C(=O)c1ccccc1. The molecule has 0 saturated carbocycles. The highest BCUT2D eigenvalue weighted by Gasteiger charge is 2.51. The first kappa shape index (κ1) is 16.4. The van der Waals surface area contributed by atoms with Crippen LogP contribution in [0.5, 0.6) is 0 Å². The molecule has 106 valence electrons. The quantitative estimate of drug-likeness (QED) is 0.432. The Morgan fingerprint density at radius 1 is 1.21 bits per heavy atom. The van der Waals surface area contributed by atoms with E-state index in [9.17, 15) is 9.36 Å². The van der Waals surface area contributed by atoms with Crippen LogP contribution in [0.15, 0.2) is 30.3 Å². The Morgan fingerprint density at radius 2 is 1.68 bits per heavy atom. The van der Waals surface area contributed by atoms with Crippen LogP contribution in [0.25, 0.3) is 0 Å². The van der Waals surface area contributed by atoms with Gasteiger partial charge in [-0.15, -0.1) is 0 Å². The Kier molecular flexibility index (Phi) is 5.75. The van der Waals surface area contributed by atoms with Crippen LogP contribution in [-0.4, -0.2) is 23.6 Å². The second-order valence-electron chi connectivity index (χ2n) is 3.98. The van der Waals surface area contributed by atoms with E-state index in [2.05, 4.69) is 0 Å². The van der Waals surface area contributed by atoms with Gasteiger partial charge in [0.2, 0.25) is 4.62 Å². The van der Waals surface area contributed by atoms with Crippen molar-refractivity contribution in [3.8, 4) is 0 Å². The number of carbonyl (C=O) groups excluding carboxylic acids is 1. The third-order valence-corrected chi connectivity index (χ3v) is 5.78. The van der Waals surface area contributed by atoms with Gasteiger partial charge in [-0.25, -0.2) is 0 Å². The van der Waals surface area contributed by atoms with E-state index in [4.69, 9.17) is 20.6 Å². The maximum absolute atomic E-state index is 12.7. The summed E-state index contributed by atoms with van der Waals surface area (Å²) in [7, 11) is -3.73. The van der Waals surface area contributed by atoms with Crippen LogP contribution in [0.3, 0.4) is 0 Å². The first-order valence-corrected chi connectivity index (χ1v) is 7.99. The third kappa shape index (κ3) is 3.46. The number of hydrogen-bond donors (Lipinski definition) is 0. The molecule has 0 saturated heterocycles. The molecule has 1 aromatic rings. The van der Waals surface area contributed by atoms with E-state index in [1.807, 2.05) is 0 Å². The minimum absolute atomic E-state index is 0.154. The molecule has 0 aliphatic carbocycles. The molecule has 1 aromatic carbocycles. The number of hydrogen-bond acceptors (Lipinski definition) is 4. The molecule has 1 atom stereocenters. The lowest BCUT2D eigenvalue weighted by Crippen LogP contribution is -2.31. The lowest BCUT2D eigenvalue weighted by Gasteiger charge is -2.29. The minimum atomic E-state index is -3.73. The van der Waals surface area contributed by atoms with E-state index in [0.29, 0.717) is 5.56 Å². The Hall–Kier alpha value is -0.670. The number of alkyl halides is 1. The summed E-state index contributed by atoms with van der Waals surface area (Å²) in [6.45, 7) is 5.02. The molecular weight excluding hydrogens is 287 g/mol. The molecule has 19 heavy (non-hydrogen) atoms. The monoisotopic (exact) mass is 304 g/mol. The number of Topliss-reactive ketones (excluding diaryl/α,β-unsaturated/α-hetero) is 1. The van der Waals surface area contributed by atoms with E-state index >= 15 is 0 Å². The molecule has 6 heteroatoms. The number of benzene rings is 1. The molecule has 1 unspecified atom stereocenters. The Bertz CT molecular complexity index is 463. The highest BCUT2D eigenvalue weighted by molar-refractivity contribution is 7.59. The number of halogens is 1. The van der Waals surface area contributed by atoms with E-state index in [1.165, 1.54) is 6.92 Å². The van der Waals surface area contributed by atoms with Gasteiger partial charge in [0, 0.05) is 5.56 Å². The van der Waals surface area contributed by atoms with Gasteiger partial charge in [-0.1, -0.05) is 41.9 Å². The van der Waals surface area contributed by atoms with Crippen LogP contribution in [-0.2, 0) is 13.6 Å². The average Bonchev–Trinajstić information content (AvgIpc) is 2.39. The van der Waals surface area contributed by atoms with Gasteiger partial charge in [0.1, 0.15) is 0 Å². The highest BCUT2D eigenvalue weighted by atomic mass is 35.5. The van der Waals surface area contributed by atoms with E-state index in [1.54, 1.807) is 44.2 Å². The van der Waals surface area contributed by atoms with Crippen LogP contribution < -0.4 is 0 Å². The first-order chi connectivity index (χ1) is 8.89. The van der Waals surface area contributed by atoms with Crippen molar-refractivity contribution < 1.29 is 18.4 Å². The predicted octanol–water partition coefficient (Wildman–Crippen LogP) is 4.09. The zero-order valence-electron chi connectivity index (χ0n) is 11.3. The van der Waals surface area contributed by atoms with Gasteiger partial charge in [0.05, 0.1) is 13.2 Å². The Morgan fingerprint density at radius 3 is 2.11 bits per heavy atom. The first-order valence-electron chi connectivity index (χ1n) is 6.07. The molecular formula is C13H18ClO4P.